The molecule has 0 heterocycles. The van der Waals surface area contributed by atoms with Crippen LogP contribution in [0.25, 0.3) is 12.2 Å². The first-order valence-electron chi connectivity index (χ1n) is 24.3. The first kappa shape index (κ1) is 61.6. The molecule has 17 nitrogen and oxygen atoms in total. The fourth-order valence-corrected chi connectivity index (χ4v) is 8.03. The van der Waals surface area contributed by atoms with E-state index in [1.165, 1.54) is 22.3 Å². The number of rotatable bonds is 31. The van der Waals surface area contributed by atoms with Gasteiger partial charge >= 0.3 is 17.9 Å². The molecule has 0 unspecified atom stereocenters. The van der Waals surface area contributed by atoms with Gasteiger partial charge in [-0.05, 0) is 94.7 Å². The smallest absolute Gasteiger partial charge is 0.339 e. The lowest BCUT2D eigenvalue weighted by atomic mass is 9.93. The molecule has 2 atom stereocenters. The summed E-state index contributed by atoms with van der Waals surface area (Å²) < 4.78 is 15.4. The SMILES string of the molecule is COC(=O)[C@H](CCCCN(OCC[Si](C)(C)C)C(=O)/C=C/c1ccccc1)NC(=O)CC(O)(CC(=O)N[C@@H](CCCCN(OCC[Si](C)(C)C)C(=O)/C=C/c1ccccc1)C(=O)OC)C(=O)OC(C)(C)C. The molecule has 0 fully saturated rings. The number of aliphatic hydroxyl groups is 1. The third kappa shape index (κ3) is 26.5. The van der Waals surface area contributed by atoms with Crippen LogP contribution in [0.2, 0.25) is 51.4 Å². The number of esters is 3. The van der Waals surface area contributed by atoms with Crippen molar-refractivity contribution in [3.8, 4) is 0 Å². The number of carbonyl (C=O) groups is 7. The van der Waals surface area contributed by atoms with Crippen LogP contribution in [-0.4, -0.2) is 137 Å². The molecule has 394 valence electrons. The number of carbonyl (C=O) groups excluding carboxylic acids is 7. The Morgan fingerprint density at radius 1 is 0.606 bits per heavy atom. The van der Waals surface area contributed by atoms with E-state index in [1.54, 1.807) is 32.9 Å². The van der Waals surface area contributed by atoms with Crippen LogP contribution in [0.15, 0.2) is 72.8 Å². The molecule has 0 aliphatic heterocycles. The van der Waals surface area contributed by atoms with Crippen LogP contribution in [0.4, 0.5) is 0 Å². The Morgan fingerprint density at radius 3 is 1.30 bits per heavy atom. The lowest BCUT2D eigenvalue weighted by Gasteiger charge is -2.30. The summed E-state index contributed by atoms with van der Waals surface area (Å²) in [7, 11) is -0.661. The second-order valence-electron chi connectivity index (χ2n) is 20.8. The Morgan fingerprint density at radius 2 is 0.972 bits per heavy atom. The molecule has 0 radical (unpaired) electrons. The van der Waals surface area contributed by atoms with Gasteiger partial charge in [0.05, 0.1) is 40.3 Å². The predicted octanol–water partition coefficient (Wildman–Crippen LogP) is 7.12. The van der Waals surface area contributed by atoms with Crippen molar-refractivity contribution in [2.24, 2.45) is 0 Å². The van der Waals surface area contributed by atoms with Crippen LogP contribution in [0.3, 0.4) is 0 Å². The number of hydrogen-bond acceptors (Lipinski definition) is 13. The van der Waals surface area contributed by atoms with E-state index in [0.29, 0.717) is 38.9 Å². The minimum Gasteiger partial charge on any atom is -0.467 e. The average Bonchev–Trinajstić information content (AvgIpc) is 3.29. The molecule has 0 saturated carbocycles. The third-order valence-corrected chi connectivity index (χ3v) is 14.1. The van der Waals surface area contributed by atoms with Crippen molar-refractivity contribution in [2.45, 2.75) is 147 Å². The highest BCUT2D eigenvalue weighted by atomic mass is 28.3. The van der Waals surface area contributed by atoms with Gasteiger partial charge in [0.1, 0.15) is 17.7 Å². The fraction of sp³-hybridized carbons (Fsp3) is 0.558. The molecule has 2 aromatic rings. The molecular weight excluding hydrogens is 945 g/mol. The average molecular weight is 1030 g/mol. The van der Waals surface area contributed by atoms with Crippen molar-refractivity contribution in [3.05, 3.63) is 83.9 Å². The third-order valence-electron chi connectivity index (χ3n) is 10.7. The Hall–Kier alpha value is -5.48. The van der Waals surface area contributed by atoms with Crippen LogP contribution in [0, 0.1) is 0 Å². The molecule has 4 amide bonds. The summed E-state index contributed by atoms with van der Waals surface area (Å²) in [5.74, 6) is -5.50. The number of nitrogens with zero attached hydrogens (tertiary/aromatic N) is 2. The van der Waals surface area contributed by atoms with Gasteiger partial charge in [-0.2, -0.15) is 0 Å². The van der Waals surface area contributed by atoms with Crippen molar-refractivity contribution >= 4 is 69.8 Å². The van der Waals surface area contributed by atoms with Crippen LogP contribution < -0.4 is 10.6 Å². The van der Waals surface area contributed by atoms with Crippen molar-refractivity contribution in [2.75, 3.05) is 40.5 Å². The van der Waals surface area contributed by atoms with Gasteiger partial charge in [-0.1, -0.05) is 99.9 Å². The first-order chi connectivity index (χ1) is 33.2. The fourth-order valence-electron chi connectivity index (χ4n) is 6.62. The van der Waals surface area contributed by atoms with Crippen molar-refractivity contribution in [3.63, 3.8) is 0 Å². The zero-order valence-corrected chi connectivity index (χ0v) is 45.9. The molecule has 0 aromatic heterocycles. The summed E-state index contributed by atoms with van der Waals surface area (Å²) in [5, 5.41) is 19.4. The first-order valence-corrected chi connectivity index (χ1v) is 31.7. The van der Waals surface area contributed by atoms with E-state index in [-0.39, 0.29) is 37.7 Å². The minimum absolute atomic E-state index is 0.0578. The topological polar surface area (TPSA) is 216 Å². The Bertz CT molecular complexity index is 1940. The minimum atomic E-state index is -2.74. The van der Waals surface area contributed by atoms with Crippen LogP contribution >= 0.6 is 0 Å². The molecule has 3 N–H and O–H groups in total. The van der Waals surface area contributed by atoms with Crippen molar-refractivity contribution in [1.82, 2.24) is 20.8 Å². The summed E-state index contributed by atoms with van der Waals surface area (Å²) in [4.78, 5) is 105. The van der Waals surface area contributed by atoms with Gasteiger partial charge in [0.2, 0.25) is 11.8 Å². The van der Waals surface area contributed by atoms with Gasteiger partial charge < -0.3 is 30.0 Å². The Labute approximate surface area is 422 Å². The molecular formula is C52H80N4O13Si2. The van der Waals surface area contributed by atoms with Gasteiger partial charge in [-0.3, -0.25) is 28.9 Å². The molecule has 0 saturated heterocycles. The number of amides is 4. The maximum atomic E-state index is 13.6. The van der Waals surface area contributed by atoms with Gasteiger partial charge in [0, 0.05) is 41.4 Å². The van der Waals surface area contributed by atoms with E-state index in [1.807, 2.05) is 60.7 Å². The van der Waals surface area contributed by atoms with Crippen molar-refractivity contribution in [1.29, 1.82) is 0 Å². The normalized spacial score (nSPS) is 13.0. The van der Waals surface area contributed by atoms with E-state index in [4.69, 9.17) is 23.9 Å². The van der Waals surface area contributed by atoms with Gasteiger partial charge in [0.15, 0.2) is 5.60 Å². The largest absolute Gasteiger partial charge is 0.467 e. The van der Waals surface area contributed by atoms with Gasteiger partial charge in [-0.15, -0.1) is 0 Å². The molecule has 2 aromatic carbocycles. The summed E-state index contributed by atoms with van der Waals surface area (Å²) in [6, 6.07) is 17.9. The number of unbranched alkanes of at least 4 members (excludes halogenated alkanes) is 2. The maximum absolute atomic E-state index is 13.6. The number of benzene rings is 2. The highest BCUT2D eigenvalue weighted by molar-refractivity contribution is 6.76. The Balaban J connectivity index is 2.16. The number of hydrogen-bond donors (Lipinski definition) is 3. The Kier molecular flexibility index (Phi) is 26.4. The molecule has 71 heavy (non-hydrogen) atoms. The van der Waals surface area contributed by atoms with E-state index >= 15 is 0 Å². The van der Waals surface area contributed by atoms with E-state index in [9.17, 15) is 38.7 Å². The maximum Gasteiger partial charge on any atom is 0.339 e. The van der Waals surface area contributed by atoms with Crippen LogP contribution in [0.1, 0.15) is 83.3 Å². The predicted molar refractivity (Wildman–Crippen MR) is 278 cm³/mol. The van der Waals surface area contributed by atoms with Gasteiger partial charge in [0.25, 0.3) is 11.8 Å². The second-order valence-corrected chi connectivity index (χ2v) is 32.1. The number of nitrogens with one attached hydrogen (secondary N) is 2. The lowest BCUT2D eigenvalue weighted by Crippen LogP contribution is -2.53. The molecule has 2 rings (SSSR count). The zero-order valence-electron chi connectivity index (χ0n) is 43.9. The molecule has 0 aliphatic rings. The van der Waals surface area contributed by atoms with Crippen molar-refractivity contribution < 1.29 is 62.6 Å². The second kappa shape index (κ2) is 30.4. The zero-order chi connectivity index (χ0) is 53.3. The quantitative estimate of drug-likeness (QED) is 0.0172. The molecule has 0 bridgehead atoms. The number of methoxy groups -OCH3 is 2. The molecule has 19 heteroatoms. The lowest BCUT2D eigenvalue weighted by molar-refractivity contribution is -0.181. The van der Waals surface area contributed by atoms with E-state index in [0.717, 1.165) is 37.4 Å². The summed E-state index contributed by atoms with van der Waals surface area (Å²) in [6.45, 7) is 18.9. The van der Waals surface area contributed by atoms with E-state index in [2.05, 4.69) is 49.9 Å². The summed E-state index contributed by atoms with van der Waals surface area (Å²) in [5.41, 5.74) is -2.20. The van der Waals surface area contributed by atoms with E-state index < -0.39 is 82.0 Å². The van der Waals surface area contributed by atoms with Crippen LogP contribution in [0.5, 0.6) is 0 Å². The number of hydroxylamine groups is 4. The van der Waals surface area contributed by atoms with Gasteiger partial charge in [-0.25, -0.2) is 24.5 Å². The standard InChI is InChI=1S/C52H80N4O13Si2/c1-51(2,3)69-50(63)52(64,38-44(57)53-42(48(61)65-4)26-18-20-32-55(67-34-36-70(6,7)8)46(59)30-28-40-22-14-12-15-23-40)39-45(58)54-43(49(62)66-5)27-19-21-33-56(68-35-37-71(9,10)11)47(60)31-29-41-24-16-13-17-25-41/h12-17,22-25,28-31,42-43,64H,18-21,26-27,32-39H2,1-11H3,(H,53,57)(H,54,58)/b30-28+,31-29+/t42-,43-/m0/s1. The molecule has 0 aliphatic carbocycles. The molecule has 0 spiro atoms. The summed E-state index contributed by atoms with van der Waals surface area (Å²) in [6.07, 6.45) is 5.78. The van der Waals surface area contributed by atoms with Crippen LogP contribution in [-0.2, 0) is 57.4 Å². The summed E-state index contributed by atoms with van der Waals surface area (Å²) >= 11 is 0. The highest BCUT2D eigenvalue weighted by Gasteiger charge is 2.45. The monoisotopic (exact) mass is 1020 g/mol. The number of ether oxygens (including phenoxy) is 3. The highest BCUT2D eigenvalue weighted by Crippen LogP contribution is 2.23.